The number of hydrogen-bond donors (Lipinski definition) is 2. The van der Waals surface area contributed by atoms with Gasteiger partial charge in [-0.2, -0.15) is 0 Å². The first kappa shape index (κ1) is 23.8. The predicted molar refractivity (Wildman–Crippen MR) is 134 cm³/mol. The van der Waals surface area contributed by atoms with Crippen LogP contribution >= 0.6 is 23.1 Å². The number of hydrogen-bond acceptors (Lipinski definition) is 8. The first-order valence-electron chi connectivity index (χ1n) is 11.3. The van der Waals surface area contributed by atoms with Gasteiger partial charge in [0.1, 0.15) is 10.6 Å². The number of aromatic nitrogens is 2. The van der Waals surface area contributed by atoms with Gasteiger partial charge in [0.25, 0.3) is 5.91 Å². The Bertz CT molecular complexity index is 1130. The number of nitrogens with one attached hydrogen (secondary N) is 2. The molecule has 0 fully saturated rings. The molecule has 7 nitrogen and oxygen atoms in total. The number of rotatable bonds is 9. The van der Waals surface area contributed by atoms with E-state index >= 15 is 0 Å². The molecule has 1 aliphatic rings. The minimum atomic E-state index is -0.238. The molecule has 0 saturated carbocycles. The van der Waals surface area contributed by atoms with E-state index in [1.165, 1.54) is 22.2 Å². The normalized spacial score (nSPS) is 17.6. The Morgan fingerprint density at radius 2 is 2.06 bits per heavy atom. The molecule has 2 N–H and O–H groups in total. The maximum absolute atomic E-state index is 12.8. The van der Waals surface area contributed by atoms with Gasteiger partial charge >= 0.3 is 0 Å². The highest BCUT2D eigenvalue weighted by Gasteiger charge is 2.33. The average molecular weight is 487 g/mol. The summed E-state index contributed by atoms with van der Waals surface area (Å²) in [4.78, 5) is 24.2. The Balaban J connectivity index is 1.54. The highest BCUT2D eigenvalue weighted by Crippen LogP contribution is 2.42. The molecule has 1 aromatic carbocycles. The molecular weight excluding hydrogens is 456 g/mol. The van der Waals surface area contributed by atoms with E-state index in [0.717, 1.165) is 41.6 Å². The smallest absolute Gasteiger partial charge is 0.269 e. The Hall–Kier alpha value is -2.36. The number of carbonyl (C=O) groups is 1. The van der Waals surface area contributed by atoms with Crippen LogP contribution in [0.2, 0.25) is 0 Å². The number of ether oxygens (including phenoxy) is 2. The van der Waals surface area contributed by atoms with E-state index in [-0.39, 0.29) is 11.5 Å². The lowest BCUT2D eigenvalue weighted by molar-refractivity contribution is -0.0543. The van der Waals surface area contributed by atoms with E-state index in [2.05, 4.69) is 36.6 Å². The van der Waals surface area contributed by atoms with Gasteiger partial charge in [0, 0.05) is 16.9 Å². The molecule has 176 valence electrons. The number of amides is 1. The van der Waals surface area contributed by atoms with Crippen LogP contribution in [0, 0.1) is 0 Å². The number of benzene rings is 1. The summed E-state index contributed by atoms with van der Waals surface area (Å²) in [6, 6.07) is 7.16. The van der Waals surface area contributed by atoms with Crippen LogP contribution in [0.3, 0.4) is 0 Å². The number of carbonyl (C=O) groups excluding carboxylic acids is 1. The molecule has 0 aliphatic carbocycles. The van der Waals surface area contributed by atoms with Crippen molar-refractivity contribution in [2.24, 2.45) is 0 Å². The Morgan fingerprint density at radius 1 is 1.27 bits per heavy atom. The third-order valence-corrected chi connectivity index (χ3v) is 7.57. The minimum Gasteiger partial charge on any atom is -0.494 e. The fourth-order valence-electron chi connectivity index (χ4n) is 3.69. The van der Waals surface area contributed by atoms with Crippen molar-refractivity contribution in [2.75, 3.05) is 18.3 Å². The van der Waals surface area contributed by atoms with Crippen molar-refractivity contribution < 1.29 is 14.3 Å². The lowest BCUT2D eigenvalue weighted by Crippen LogP contribution is -2.34. The Labute approximate surface area is 202 Å². The number of thiophene rings is 1. The van der Waals surface area contributed by atoms with Gasteiger partial charge in [0.2, 0.25) is 0 Å². The van der Waals surface area contributed by atoms with Crippen molar-refractivity contribution in [2.45, 2.75) is 63.8 Å². The van der Waals surface area contributed by atoms with Crippen LogP contribution in [0.25, 0.3) is 10.2 Å². The molecule has 3 heterocycles. The zero-order valence-corrected chi connectivity index (χ0v) is 21.1. The van der Waals surface area contributed by atoms with E-state index in [9.17, 15) is 4.79 Å². The van der Waals surface area contributed by atoms with E-state index in [1.54, 1.807) is 23.5 Å². The third-order valence-electron chi connectivity index (χ3n) is 5.92. The fraction of sp³-hybridized carbons (Fsp3) is 0.458. The summed E-state index contributed by atoms with van der Waals surface area (Å²) in [5.74, 6) is 1.15. The lowest BCUT2D eigenvalue weighted by atomic mass is 9.90. The zero-order chi connectivity index (χ0) is 23.4. The highest BCUT2D eigenvalue weighted by atomic mass is 32.2. The molecule has 0 radical (unpaired) electrons. The SMILES string of the molecule is CCCCOc1ccc(C(=O)NNc2nc(SC)nc3sc4c(c23)C[C@@](C)(CC)OC4)cc1. The second-order valence-corrected chi connectivity index (χ2v) is 10.2. The molecule has 1 aliphatic heterocycles. The van der Waals surface area contributed by atoms with Crippen molar-refractivity contribution in [3.63, 3.8) is 0 Å². The molecule has 33 heavy (non-hydrogen) atoms. The minimum absolute atomic E-state index is 0.208. The summed E-state index contributed by atoms with van der Waals surface area (Å²) in [7, 11) is 0. The summed E-state index contributed by atoms with van der Waals surface area (Å²) in [5, 5.41) is 1.63. The van der Waals surface area contributed by atoms with Crippen molar-refractivity contribution in [1.29, 1.82) is 0 Å². The highest BCUT2D eigenvalue weighted by molar-refractivity contribution is 7.98. The van der Waals surface area contributed by atoms with Gasteiger partial charge in [-0.3, -0.25) is 15.6 Å². The molecule has 0 saturated heterocycles. The van der Waals surface area contributed by atoms with Crippen molar-refractivity contribution in [3.8, 4) is 5.75 Å². The summed E-state index contributed by atoms with van der Waals surface area (Å²) in [6.07, 6.45) is 5.75. The lowest BCUT2D eigenvalue weighted by Gasteiger charge is -2.33. The van der Waals surface area contributed by atoms with E-state index in [0.29, 0.717) is 29.8 Å². The van der Waals surface area contributed by atoms with Crippen LogP contribution in [0.15, 0.2) is 29.4 Å². The van der Waals surface area contributed by atoms with Crippen molar-refractivity contribution in [3.05, 3.63) is 40.3 Å². The van der Waals surface area contributed by atoms with Gasteiger partial charge in [-0.1, -0.05) is 32.0 Å². The Kier molecular flexibility index (Phi) is 7.41. The molecule has 1 atom stereocenters. The van der Waals surface area contributed by atoms with Gasteiger partial charge < -0.3 is 9.47 Å². The maximum atomic E-state index is 12.8. The number of anilines is 1. The average Bonchev–Trinajstić information content (AvgIpc) is 3.20. The van der Waals surface area contributed by atoms with E-state index < -0.39 is 0 Å². The van der Waals surface area contributed by atoms with Crippen LogP contribution < -0.4 is 15.6 Å². The van der Waals surface area contributed by atoms with Crippen molar-refractivity contribution >= 4 is 45.0 Å². The predicted octanol–water partition coefficient (Wildman–Crippen LogP) is 5.59. The van der Waals surface area contributed by atoms with Crippen LogP contribution in [-0.2, 0) is 17.8 Å². The zero-order valence-electron chi connectivity index (χ0n) is 19.5. The second-order valence-electron chi connectivity index (χ2n) is 8.32. The van der Waals surface area contributed by atoms with Gasteiger partial charge in [-0.05, 0) is 55.9 Å². The number of unbranched alkanes of at least 4 members (excludes halogenated alkanes) is 1. The molecular formula is C24H30N4O3S2. The fourth-order valence-corrected chi connectivity index (χ4v) is 5.21. The Morgan fingerprint density at radius 3 is 2.76 bits per heavy atom. The molecule has 4 rings (SSSR count). The summed E-state index contributed by atoms with van der Waals surface area (Å²) in [6.45, 7) is 7.66. The first-order valence-corrected chi connectivity index (χ1v) is 13.3. The van der Waals surface area contributed by atoms with Crippen LogP contribution in [-0.4, -0.2) is 34.3 Å². The van der Waals surface area contributed by atoms with Gasteiger partial charge in [-0.15, -0.1) is 11.3 Å². The number of fused-ring (bicyclic) bond motifs is 3. The summed E-state index contributed by atoms with van der Waals surface area (Å²) in [5.41, 5.74) is 7.42. The van der Waals surface area contributed by atoms with Crippen LogP contribution in [0.1, 0.15) is 60.8 Å². The van der Waals surface area contributed by atoms with Gasteiger partial charge in [-0.25, -0.2) is 9.97 Å². The summed E-state index contributed by atoms with van der Waals surface area (Å²) >= 11 is 3.11. The van der Waals surface area contributed by atoms with Gasteiger partial charge in [0.05, 0.1) is 24.2 Å². The number of thioether (sulfide) groups is 1. The molecule has 0 bridgehead atoms. The standard InChI is InChI=1S/C24H30N4O3S2/c1-5-7-12-30-16-10-8-15(9-11-16)21(29)28-27-20-19-17-13-24(3,6-2)31-14-18(17)33-22(19)26-23(25-20)32-4/h8-11H,5-7,12-14H2,1-4H3,(H,28,29)(H,25,26,27)/t24-/m1/s1. The molecule has 9 heteroatoms. The summed E-state index contributed by atoms with van der Waals surface area (Å²) < 4.78 is 11.8. The van der Waals surface area contributed by atoms with Crippen molar-refractivity contribution in [1.82, 2.24) is 15.4 Å². The second kappa shape index (κ2) is 10.3. The van der Waals surface area contributed by atoms with Gasteiger partial charge in [0.15, 0.2) is 11.0 Å². The molecule has 3 aromatic rings. The maximum Gasteiger partial charge on any atom is 0.269 e. The molecule has 1 amide bonds. The molecule has 0 unspecified atom stereocenters. The van der Waals surface area contributed by atoms with E-state index in [4.69, 9.17) is 14.5 Å². The van der Waals surface area contributed by atoms with Crippen LogP contribution in [0.4, 0.5) is 5.82 Å². The largest absolute Gasteiger partial charge is 0.494 e. The van der Waals surface area contributed by atoms with E-state index in [1.807, 2.05) is 18.4 Å². The topological polar surface area (TPSA) is 85.4 Å². The third kappa shape index (κ3) is 5.26. The monoisotopic (exact) mass is 486 g/mol. The first-order chi connectivity index (χ1) is 16.0. The quantitative estimate of drug-likeness (QED) is 0.176. The van der Waals surface area contributed by atoms with Crippen LogP contribution in [0.5, 0.6) is 5.75 Å². The number of hydrazine groups is 1. The molecule has 0 spiro atoms. The number of nitrogens with zero attached hydrogens (tertiary/aromatic N) is 2. The molecule has 2 aromatic heterocycles.